The first-order valence-electron chi connectivity index (χ1n) is 7.24. The molecule has 2 unspecified atom stereocenters. The van der Waals surface area contributed by atoms with Crippen LogP contribution in [0.15, 0.2) is 6.20 Å². The number of carbonyl (C=O) groups is 2. The molecule has 0 bridgehead atoms. The molecule has 2 saturated heterocycles. The van der Waals surface area contributed by atoms with Gasteiger partial charge < -0.3 is 14.7 Å². The van der Waals surface area contributed by atoms with Crippen LogP contribution in [0, 0.1) is 5.92 Å². The van der Waals surface area contributed by atoms with Crippen LogP contribution in [0.3, 0.4) is 0 Å². The van der Waals surface area contributed by atoms with Gasteiger partial charge in [0.25, 0.3) is 5.91 Å². The van der Waals surface area contributed by atoms with Crippen LogP contribution in [-0.4, -0.2) is 46.6 Å². The zero-order valence-electron chi connectivity index (χ0n) is 11.7. The highest BCUT2D eigenvalue weighted by Crippen LogP contribution is 2.32. The number of thiazole rings is 1. The lowest BCUT2D eigenvalue weighted by molar-refractivity contribution is -0.143. The smallest absolute Gasteiger partial charge is 0.308 e. The molecule has 2 atom stereocenters. The first kappa shape index (κ1) is 14.5. The number of aromatic nitrogens is 1. The number of ether oxygens (including phenoxy) is 1. The van der Waals surface area contributed by atoms with E-state index in [0.717, 1.165) is 30.9 Å². The Labute approximate surface area is 126 Å². The van der Waals surface area contributed by atoms with E-state index in [1.165, 1.54) is 11.3 Å². The molecule has 1 N–H and O–H groups in total. The lowest BCUT2D eigenvalue weighted by atomic mass is 9.98. The van der Waals surface area contributed by atoms with Crippen molar-refractivity contribution in [1.82, 2.24) is 9.88 Å². The second-order valence-corrected chi connectivity index (χ2v) is 6.56. The number of carbonyl (C=O) groups excluding carboxylic acids is 1. The van der Waals surface area contributed by atoms with Crippen LogP contribution < -0.4 is 0 Å². The number of likely N-dealkylation sites (tertiary alicyclic amines) is 1. The molecule has 0 aliphatic carbocycles. The Bertz CT molecular complexity index is 539. The van der Waals surface area contributed by atoms with Crippen molar-refractivity contribution in [3.8, 4) is 0 Å². The Hall–Kier alpha value is -1.47. The normalized spacial score (nSPS) is 26.0. The average Bonchev–Trinajstić information content (AvgIpc) is 3.17. The second-order valence-electron chi connectivity index (χ2n) is 5.49. The van der Waals surface area contributed by atoms with Gasteiger partial charge in [0.05, 0.1) is 12.1 Å². The van der Waals surface area contributed by atoms with E-state index in [4.69, 9.17) is 9.84 Å². The van der Waals surface area contributed by atoms with E-state index in [-0.39, 0.29) is 12.0 Å². The minimum absolute atomic E-state index is 0.0182. The van der Waals surface area contributed by atoms with E-state index >= 15 is 0 Å². The maximum Gasteiger partial charge on any atom is 0.308 e. The first-order chi connectivity index (χ1) is 10.1. The molecule has 1 aromatic rings. The van der Waals surface area contributed by atoms with E-state index in [9.17, 15) is 9.59 Å². The zero-order valence-corrected chi connectivity index (χ0v) is 12.5. The van der Waals surface area contributed by atoms with Gasteiger partial charge in [-0.25, -0.2) is 4.98 Å². The molecular formula is C14H18N2O4S. The lowest BCUT2D eigenvalue weighted by Crippen LogP contribution is -2.42. The minimum Gasteiger partial charge on any atom is -0.481 e. The number of nitrogens with zero attached hydrogens (tertiary/aromatic N) is 2. The number of rotatable bonds is 3. The highest BCUT2D eigenvalue weighted by molar-refractivity contribution is 7.13. The summed E-state index contributed by atoms with van der Waals surface area (Å²) in [5, 5.41) is 9.94. The van der Waals surface area contributed by atoms with Crippen molar-refractivity contribution in [3.05, 3.63) is 16.1 Å². The number of aliphatic carboxylic acids is 1. The van der Waals surface area contributed by atoms with Crippen LogP contribution in [-0.2, 0) is 9.53 Å². The Morgan fingerprint density at radius 1 is 1.38 bits per heavy atom. The molecule has 2 aliphatic heterocycles. The molecule has 3 heterocycles. The van der Waals surface area contributed by atoms with Crippen LogP contribution in [0.2, 0.25) is 0 Å². The molecule has 21 heavy (non-hydrogen) atoms. The first-order valence-corrected chi connectivity index (χ1v) is 8.06. The Balaban J connectivity index is 1.68. The molecule has 7 heteroatoms. The maximum absolute atomic E-state index is 12.5. The summed E-state index contributed by atoms with van der Waals surface area (Å²) in [6.45, 7) is 1.66. The van der Waals surface area contributed by atoms with Crippen molar-refractivity contribution < 1.29 is 19.4 Å². The summed E-state index contributed by atoms with van der Waals surface area (Å²) in [7, 11) is 0. The summed E-state index contributed by atoms with van der Waals surface area (Å²) in [5.74, 6) is -1.38. The van der Waals surface area contributed by atoms with Crippen molar-refractivity contribution in [2.24, 2.45) is 5.92 Å². The van der Waals surface area contributed by atoms with E-state index in [1.807, 2.05) is 0 Å². The molecule has 3 rings (SSSR count). The molecule has 1 aromatic heterocycles. The van der Waals surface area contributed by atoms with Crippen LogP contribution in [0.1, 0.15) is 46.5 Å². The highest BCUT2D eigenvalue weighted by Gasteiger charge is 2.30. The number of carboxylic acids is 1. The predicted molar refractivity (Wildman–Crippen MR) is 76.3 cm³/mol. The largest absolute Gasteiger partial charge is 0.481 e. The summed E-state index contributed by atoms with van der Waals surface area (Å²) < 4.78 is 5.57. The topological polar surface area (TPSA) is 79.7 Å². The maximum atomic E-state index is 12.5. The quantitative estimate of drug-likeness (QED) is 0.923. The van der Waals surface area contributed by atoms with E-state index in [2.05, 4.69) is 4.98 Å². The van der Waals surface area contributed by atoms with Crippen LogP contribution in [0.5, 0.6) is 0 Å². The fourth-order valence-corrected chi connectivity index (χ4v) is 3.80. The lowest BCUT2D eigenvalue weighted by Gasteiger charge is -2.30. The Morgan fingerprint density at radius 3 is 2.95 bits per heavy atom. The molecule has 1 amide bonds. The second kappa shape index (κ2) is 6.11. The fraction of sp³-hybridized carbons (Fsp3) is 0.643. The van der Waals surface area contributed by atoms with Crippen LogP contribution in [0.4, 0.5) is 0 Å². The molecular weight excluding hydrogens is 292 g/mol. The van der Waals surface area contributed by atoms with Gasteiger partial charge in [-0.05, 0) is 25.7 Å². The molecule has 2 fully saturated rings. The van der Waals surface area contributed by atoms with Gasteiger partial charge in [-0.1, -0.05) is 0 Å². The summed E-state index contributed by atoms with van der Waals surface area (Å²) in [6.07, 6.45) is 4.97. The summed E-state index contributed by atoms with van der Waals surface area (Å²) in [4.78, 5) is 30.0. The SMILES string of the molecule is O=C(O)C1CCCN(C(=O)c2cnc(C3CCCO3)s2)C1. The molecule has 0 saturated carbocycles. The van der Waals surface area contributed by atoms with Crippen LogP contribution in [0.25, 0.3) is 0 Å². The van der Waals surface area contributed by atoms with E-state index in [1.54, 1.807) is 11.1 Å². The van der Waals surface area contributed by atoms with E-state index < -0.39 is 11.9 Å². The van der Waals surface area contributed by atoms with Gasteiger partial charge in [-0.15, -0.1) is 11.3 Å². The summed E-state index contributed by atoms with van der Waals surface area (Å²) >= 11 is 1.37. The van der Waals surface area contributed by atoms with E-state index in [0.29, 0.717) is 24.4 Å². The average molecular weight is 310 g/mol. The monoisotopic (exact) mass is 310 g/mol. The van der Waals surface area contributed by atoms with Gasteiger partial charge in [0.2, 0.25) is 0 Å². The standard InChI is InChI=1S/C14H18N2O4S/c17-13(16-5-1-3-9(8-16)14(18)19)11-7-15-12(21-11)10-4-2-6-20-10/h7,9-10H,1-6,8H2,(H,18,19). The van der Waals surface area contributed by atoms with Gasteiger partial charge in [0.15, 0.2) is 0 Å². The number of piperidine rings is 1. The van der Waals surface area contributed by atoms with Gasteiger partial charge in [0.1, 0.15) is 16.0 Å². The third kappa shape index (κ3) is 3.08. The highest BCUT2D eigenvalue weighted by atomic mass is 32.1. The number of carboxylic acid groups (broad SMARTS) is 1. The van der Waals surface area contributed by atoms with Gasteiger partial charge >= 0.3 is 5.97 Å². The number of amides is 1. The molecule has 0 aromatic carbocycles. The molecule has 6 nitrogen and oxygen atoms in total. The zero-order chi connectivity index (χ0) is 14.8. The van der Waals surface area contributed by atoms with Crippen molar-refractivity contribution in [2.45, 2.75) is 31.8 Å². The van der Waals surface area contributed by atoms with Gasteiger partial charge in [-0.2, -0.15) is 0 Å². The summed E-state index contributed by atoms with van der Waals surface area (Å²) in [6, 6.07) is 0. The third-order valence-electron chi connectivity index (χ3n) is 4.00. The van der Waals surface area contributed by atoms with Crippen molar-refractivity contribution in [2.75, 3.05) is 19.7 Å². The van der Waals surface area contributed by atoms with Gasteiger partial charge in [0, 0.05) is 19.7 Å². The molecule has 0 spiro atoms. The Morgan fingerprint density at radius 2 is 2.24 bits per heavy atom. The molecule has 114 valence electrons. The predicted octanol–water partition coefficient (Wildman–Crippen LogP) is 1.93. The van der Waals surface area contributed by atoms with Gasteiger partial charge in [-0.3, -0.25) is 9.59 Å². The van der Waals surface area contributed by atoms with Crippen LogP contribution >= 0.6 is 11.3 Å². The van der Waals surface area contributed by atoms with Crippen molar-refractivity contribution in [3.63, 3.8) is 0 Å². The summed E-state index contributed by atoms with van der Waals surface area (Å²) in [5.41, 5.74) is 0. The molecule has 2 aliphatic rings. The third-order valence-corrected chi connectivity index (χ3v) is 5.07. The fourth-order valence-electron chi connectivity index (χ4n) is 2.83. The van der Waals surface area contributed by atoms with Crippen molar-refractivity contribution >= 4 is 23.2 Å². The molecule has 0 radical (unpaired) electrons. The number of hydrogen-bond donors (Lipinski definition) is 1. The number of hydrogen-bond acceptors (Lipinski definition) is 5. The van der Waals surface area contributed by atoms with Crippen molar-refractivity contribution in [1.29, 1.82) is 0 Å². The minimum atomic E-state index is -0.822. The Kier molecular flexibility index (Phi) is 4.21.